The number of rotatable bonds is 4. The molecule has 0 saturated heterocycles. The predicted octanol–water partition coefficient (Wildman–Crippen LogP) is 7.55. The molecule has 0 bridgehead atoms. The summed E-state index contributed by atoms with van der Waals surface area (Å²) in [5, 5.41) is 0. The fourth-order valence-corrected chi connectivity index (χ4v) is 8.01. The van der Waals surface area contributed by atoms with E-state index >= 15 is 0 Å². The first-order valence-electron chi connectivity index (χ1n) is 8.55. The second kappa shape index (κ2) is 7.33. The molecule has 0 aliphatic carbocycles. The summed E-state index contributed by atoms with van der Waals surface area (Å²) >= 11 is 2.02. The molecule has 0 spiro atoms. The van der Waals surface area contributed by atoms with Crippen molar-refractivity contribution in [3.05, 3.63) is 46.5 Å². The summed E-state index contributed by atoms with van der Waals surface area (Å²) in [7, 11) is 3.96. The topological polar surface area (TPSA) is 0 Å². The molecule has 3 aromatic rings. The van der Waals surface area contributed by atoms with E-state index in [9.17, 15) is 0 Å². The zero-order valence-electron chi connectivity index (χ0n) is 14.4. The van der Waals surface area contributed by atoms with E-state index in [-0.39, 0.29) is 0 Å². The average molecular weight is 361 g/mol. The van der Waals surface area contributed by atoms with Crippen LogP contribution in [0.3, 0.4) is 0 Å². The molecule has 0 aliphatic heterocycles. The van der Waals surface area contributed by atoms with Crippen LogP contribution >= 0.6 is 32.0 Å². The van der Waals surface area contributed by atoms with Crippen LogP contribution in [0.5, 0.6) is 0 Å². The van der Waals surface area contributed by atoms with E-state index in [4.69, 9.17) is 0 Å². The van der Waals surface area contributed by atoms with Crippen LogP contribution in [-0.2, 0) is 25.7 Å². The van der Waals surface area contributed by atoms with E-state index in [1.807, 2.05) is 32.0 Å². The van der Waals surface area contributed by atoms with Crippen molar-refractivity contribution in [2.75, 3.05) is 0 Å². The summed E-state index contributed by atoms with van der Waals surface area (Å²) in [5.74, 6) is 0. The normalized spacial score (nSPS) is 11.3. The molecule has 3 rings (SSSR count). The molecule has 1 aromatic heterocycles. The third kappa shape index (κ3) is 3.07. The highest BCUT2D eigenvalue weighted by atomic mass is 32.9. The molecule has 0 saturated carbocycles. The minimum atomic E-state index is 1.11. The Hall–Kier alpha value is -0.900. The Morgan fingerprint density at radius 3 is 1.13 bits per heavy atom. The van der Waals surface area contributed by atoms with E-state index < -0.39 is 0 Å². The lowest BCUT2D eigenvalue weighted by molar-refractivity contribution is 1.13. The van der Waals surface area contributed by atoms with Crippen LogP contribution in [-0.4, -0.2) is 0 Å². The van der Waals surface area contributed by atoms with Gasteiger partial charge in [0.25, 0.3) is 0 Å². The smallest absolute Gasteiger partial charge is 0.0584 e. The van der Waals surface area contributed by atoms with Gasteiger partial charge in [0.05, 0.1) is 9.40 Å². The Kier molecular flexibility index (Phi) is 5.40. The van der Waals surface area contributed by atoms with Gasteiger partial charge < -0.3 is 0 Å². The first kappa shape index (κ1) is 16.9. The molecule has 3 heteroatoms. The van der Waals surface area contributed by atoms with Crippen LogP contribution in [0.2, 0.25) is 0 Å². The molecule has 0 nitrogen and oxygen atoms in total. The predicted molar refractivity (Wildman–Crippen MR) is 110 cm³/mol. The molecule has 0 amide bonds. The Bertz CT molecular complexity index is 804. The van der Waals surface area contributed by atoms with Gasteiger partial charge in [-0.25, -0.2) is 0 Å². The van der Waals surface area contributed by atoms with Crippen LogP contribution in [0, 0.1) is 0 Å². The highest BCUT2D eigenvalue weighted by Gasteiger charge is 2.10. The van der Waals surface area contributed by atoms with Gasteiger partial charge in [0.15, 0.2) is 0 Å². The molecule has 0 aliphatic rings. The van der Waals surface area contributed by atoms with Gasteiger partial charge in [-0.3, -0.25) is 0 Å². The Balaban J connectivity index is 2.53. The van der Waals surface area contributed by atoms with Crippen LogP contribution in [0.1, 0.15) is 49.9 Å². The van der Waals surface area contributed by atoms with Gasteiger partial charge in [-0.05, 0) is 47.9 Å². The largest absolute Gasteiger partial charge is 0.133 e. The molecule has 122 valence electrons. The van der Waals surface area contributed by atoms with Crippen molar-refractivity contribution in [3.8, 4) is 0 Å². The third-order valence-corrected chi connectivity index (χ3v) is 8.69. The van der Waals surface area contributed by atoms with Gasteiger partial charge in [-0.15, -0.1) is 11.3 Å². The van der Waals surface area contributed by atoms with Crippen LogP contribution in [0.4, 0.5) is 0 Å². The molecular formula is C20H24S3. The van der Waals surface area contributed by atoms with Crippen LogP contribution < -0.4 is 0 Å². The molecule has 0 radical (unpaired) electrons. The zero-order valence-corrected chi connectivity index (χ0v) is 16.8. The van der Waals surface area contributed by atoms with Crippen LogP contribution in [0.15, 0.2) is 24.3 Å². The summed E-state index contributed by atoms with van der Waals surface area (Å²) < 4.78 is 6.02. The maximum atomic E-state index is 2.34. The molecule has 23 heavy (non-hydrogen) atoms. The second-order valence-corrected chi connectivity index (χ2v) is 8.94. The molecule has 1 heterocycles. The standard InChI is InChI=1S/C20H24S3/c1-5-13-9-11-15(7-3)19-17(13)21-18-14(6-2)10-12-16(8-4)20(18)23-22-19/h9-12H,5-8H2,1-4H3. The second-order valence-electron chi connectivity index (χ2n) is 5.77. The first-order valence-corrected chi connectivity index (χ1v) is 11.5. The maximum Gasteiger partial charge on any atom is 0.0584 e. The van der Waals surface area contributed by atoms with Crippen molar-refractivity contribution in [3.63, 3.8) is 0 Å². The lowest BCUT2D eigenvalue weighted by Crippen LogP contribution is -1.87. The molecule has 2 aromatic carbocycles. The minimum absolute atomic E-state index is 1.11. The van der Waals surface area contributed by atoms with Gasteiger partial charge in [0.2, 0.25) is 0 Å². The number of hydrogen-bond acceptors (Lipinski definition) is 3. The van der Waals surface area contributed by atoms with Crippen molar-refractivity contribution >= 4 is 50.8 Å². The van der Waals surface area contributed by atoms with Gasteiger partial charge >= 0.3 is 0 Å². The van der Waals surface area contributed by atoms with Crippen molar-refractivity contribution in [1.29, 1.82) is 0 Å². The van der Waals surface area contributed by atoms with E-state index in [0.717, 1.165) is 25.7 Å². The third-order valence-electron chi connectivity index (χ3n) is 4.49. The first-order chi connectivity index (χ1) is 11.2. The van der Waals surface area contributed by atoms with Crippen molar-refractivity contribution in [2.24, 2.45) is 0 Å². The summed E-state index contributed by atoms with van der Waals surface area (Å²) in [6, 6.07) is 9.36. The number of fused-ring (bicyclic) bond motifs is 2. The monoisotopic (exact) mass is 360 g/mol. The Labute approximate surface area is 150 Å². The van der Waals surface area contributed by atoms with Gasteiger partial charge in [-0.2, -0.15) is 0 Å². The summed E-state index contributed by atoms with van der Waals surface area (Å²) in [4.78, 5) is 0. The highest BCUT2D eigenvalue weighted by molar-refractivity contribution is 7.74. The quantitative estimate of drug-likeness (QED) is 0.421. The van der Waals surface area contributed by atoms with Gasteiger partial charge in [-0.1, -0.05) is 72.6 Å². The summed E-state index contributed by atoms with van der Waals surface area (Å²) in [6.07, 6.45) is 4.43. The number of hydrogen-bond donors (Lipinski definition) is 0. The molecule has 0 atom stereocenters. The maximum absolute atomic E-state index is 2.34. The fourth-order valence-electron chi connectivity index (χ4n) is 2.99. The Morgan fingerprint density at radius 1 is 0.522 bits per heavy atom. The number of benzene rings is 2. The van der Waals surface area contributed by atoms with Gasteiger partial charge in [0.1, 0.15) is 0 Å². The lowest BCUT2D eigenvalue weighted by atomic mass is 10.1. The van der Waals surface area contributed by atoms with Gasteiger partial charge in [0, 0.05) is 9.40 Å². The van der Waals surface area contributed by atoms with Crippen molar-refractivity contribution in [1.82, 2.24) is 0 Å². The minimum Gasteiger partial charge on any atom is -0.133 e. The van der Waals surface area contributed by atoms with E-state index in [0.29, 0.717) is 0 Å². The molecule has 0 unspecified atom stereocenters. The average Bonchev–Trinajstić information content (AvgIpc) is 2.80. The zero-order chi connectivity index (χ0) is 16.4. The van der Waals surface area contributed by atoms with E-state index in [1.54, 1.807) is 0 Å². The highest BCUT2D eigenvalue weighted by Crippen LogP contribution is 2.39. The Morgan fingerprint density at radius 2 is 0.826 bits per heavy atom. The molecule has 0 fully saturated rings. The molecular weight excluding hydrogens is 336 g/mol. The number of aryl methyl sites for hydroxylation is 4. The summed E-state index contributed by atoms with van der Waals surface area (Å²) in [5.41, 5.74) is 5.97. The SMILES string of the molecule is CCc1ccc(CC)c2sc3c(CC)ccc(CC)c3ssc12. The summed E-state index contributed by atoms with van der Waals surface area (Å²) in [6.45, 7) is 9.08. The van der Waals surface area contributed by atoms with Crippen molar-refractivity contribution in [2.45, 2.75) is 53.4 Å². The van der Waals surface area contributed by atoms with Crippen molar-refractivity contribution < 1.29 is 0 Å². The van der Waals surface area contributed by atoms with E-state index in [1.165, 1.54) is 41.1 Å². The fraction of sp³-hybridized carbons (Fsp3) is 0.400. The molecule has 0 N–H and O–H groups in total. The van der Waals surface area contributed by atoms with E-state index in [2.05, 4.69) is 52.0 Å². The lowest BCUT2D eigenvalue weighted by Gasteiger charge is -2.06. The van der Waals surface area contributed by atoms with Crippen LogP contribution in [0.25, 0.3) is 18.8 Å².